The number of urea groups is 1. The lowest BCUT2D eigenvalue weighted by Gasteiger charge is -2.29. The first-order chi connectivity index (χ1) is 10.2. The van der Waals surface area contributed by atoms with Gasteiger partial charge in [-0.3, -0.25) is 0 Å². The molecule has 9 heteroatoms. The Morgan fingerprint density at radius 2 is 2.14 bits per heavy atom. The zero-order chi connectivity index (χ0) is 16.4. The average Bonchev–Trinajstić information content (AvgIpc) is 3.15. The highest BCUT2D eigenvalue weighted by Crippen LogP contribution is 2.40. The molecule has 1 heterocycles. The fraction of sp³-hybridized carbons (Fsp3) is 0.692. The number of halogens is 3. The Hall–Kier alpha value is -1.77. The molecule has 1 fully saturated rings. The van der Waals surface area contributed by atoms with E-state index in [1.54, 1.807) is 0 Å². The molecule has 1 unspecified atom stereocenters. The molecule has 0 aliphatic heterocycles. The van der Waals surface area contributed by atoms with E-state index in [0.29, 0.717) is 12.5 Å². The highest BCUT2D eigenvalue weighted by molar-refractivity contribution is 5.73. The van der Waals surface area contributed by atoms with E-state index in [9.17, 15) is 23.1 Å². The van der Waals surface area contributed by atoms with Gasteiger partial charge in [-0.15, -0.1) is 0 Å². The molecule has 1 aromatic heterocycles. The highest BCUT2D eigenvalue weighted by atomic mass is 19.4. The molecule has 1 aromatic rings. The Morgan fingerprint density at radius 3 is 2.64 bits per heavy atom. The zero-order valence-corrected chi connectivity index (χ0v) is 12.2. The minimum Gasteiger partial charge on any atom is -0.374 e. The molecular weight excluding hydrogens is 301 g/mol. The number of hydrogen-bond acceptors (Lipinski definition) is 3. The van der Waals surface area contributed by atoms with Gasteiger partial charge in [-0.05, 0) is 18.8 Å². The number of imidazole rings is 1. The van der Waals surface area contributed by atoms with E-state index in [4.69, 9.17) is 0 Å². The summed E-state index contributed by atoms with van der Waals surface area (Å²) in [7, 11) is 1.37. The first-order valence-corrected chi connectivity index (χ1v) is 7.02. The van der Waals surface area contributed by atoms with Gasteiger partial charge in [0.2, 0.25) is 5.60 Å². The highest BCUT2D eigenvalue weighted by Gasteiger charge is 2.57. The predicted molar refractivity (Wildman–Crippen MR) is 71.9 cm³/mol. The van der Waals surface area contributed by atoms with Crippen molar-refractivity contribution < 1.29 is 23.1 Å². The van der Waals surface area contributed by atoms with Gasteiger partial charge in [0.1, 0.15) is 5.82 Å². The second-order valence-corrected chi connectivity index (χ2v) is 5.55. The first kappa shape index (κ1) is 16.6. The van der Waals surface area contributed by atoms with Gasteiger partial charge in [-0.25, -0.2) is 9.78 Å². The Balaban J connectivity index is 1.93. The van der Waals surface area contributed by atoms with Crippen LogP contribution >= 0.6 is 0 Å². The maximum atomic E-state index is 13.2. The topological polar surface area (TPSA) is 79.2 Å². The van der Waals surface area contributed by atoms with Crippen molar-refractivity contribution in [1.29, 1.82) is 0 Å². The summed E-state index contributed by atoms with van der Waals surface area (Å²) in [5.74, 6) is -0.0226. The number of hydrogen-bond donors (Lipinski definition) is 3. The van der Waals surface area contributed by atoms with Crippen molar-refractivity contribution in [2.24, 2.45) is 13.0 Å². The standard InChI is InChI=1S/C13H19F3N4O2/c1-20-7-6-17-10(20)12(22,13(14,15)16)4-5-18-11(21)19-8-9-2-3-9/h6-7,9,22H,2-5,8H2,1H3,(H2,18,19,21). The molecule has 22 heavy (non-hydrogen) atoms. The van der Waals surface area contributed by atoms with Gasteiger partial charge in [-0.2, -0.15) is 13.2 Å². The van der Waals surface area contributed by atoms with E-state index in [0.717, 1.165) is 17.4 Å². The van der Waals surface area contributed by atoms with E-state index in [2.05, 4.69) is 15.6 Å². The molecule has 2 amide bonds. The first-order valence-electron chi connectivity index (χ1n) is 7.02. The fourth-order valence-electron chi connectivity index (χ4n) is 2.12. The molecule has 0 spiro atoms. The molecule has 124 valence electrons. The lowest BCUT2D eigenvalue weighted by atomic mass is 9.97. The quantitative estimate of drug-likeness (QED) is 0.738. The summed E-state index contributed by atoms with van der Waals surface area (Å²) >= 11 is 0. The van der Waals surface area contributed by atoms with Crippen LogP contribution in [0.15, 0.2) is 12.4 Å². The van der Waals surface area contributed by atoms with Crippen LogP contribution in [0.3, 0.4) is 0 Å². The molecular formula is C13H19F3N4O2. The Kier molecular flexibility index (Phi) is 4.64. The van der Waals surface area contributed by atoms with Crippen LogP contribution in [0.5, 0.6) is 0 Å². The minimum absolute atomic E-state index is 0.320. The summed E-state index contributed by atoms with van der Waals surface area (Å²) < 4.78 is 40.7. The number of aryl methyl sites for hydroxylation is 1. The van der Waals surface area contributed by atoms with Gasteiger partial charge in [0.05, 0.1) is 0 Å². The van der Waals surface area contributed by atoms with Crippen molar-refractivity contribution in [1.82, 2.24) is 20.2 Å². The smallest absolute Gasteiger partial charge is 0.374 e. The Morgan fingerprint density at radius 1 is 1.45 bits per heavy atom. The number of nitrogens with zero attached hydrogens (tertiary/aromatic N) is 2. The average molecular weight is 320 g/mol. The monoisotopic (exact) mass is 320 g/mol. The van der Waals surface area contributed by atoms with Crippen LogP contribution in [-0.4, -0.2) is 40.0 Å². The zero-order valence-electron chi connectivity index (χ0n) is 12.2. The SMILES string of the molecule is Cn1ccnc1C(O)(CCNC(=O)NCC1CC1)C(F)(F)F. The third-order valence-electron chi connectivity index (χ3n) is 3.68. The molecule has 2 rings (SSSR count). The molecule has 1 atom stereocenters. The molecule has 0 bridgehead atoms. The summed E-state index contributed by atoms with van der Waals surface area (Å²) in [5.41, 5.74) is -3.10. The second-order valence-electron chi connectivity index (χ2n) is 5.55. The van der Waals surface area contributed by atoms with Crippen LogP contribution in [0.25, 0.3) is 0 Å². The lowest BCUT2D eigenvalue weighted by Crippen LogP contribution is -2.47. The van der Waals surface area contributed by atoms with Crippen LogP contribution in [0, 0.1) is 5.92 Å². The third kappa shape index (κ3) is 3.70. The van der Waals surface area contributed by atoms with Crippen LogP contribution in [0.4, 0.5) is 18.0 Å². The van der Waals surface area contributed by atoms with Crippen molar-refractivity contribution in [3.8, 4) is 0 Å². The maximum Gasteiger partial charge on any atom is 0.424 e. The van der Waals surface area contributed by atoms with Crippen LogP contribution in [0.1, 0.15) is 25.1 Å². The molecule has 1 aliphatic rings. The van der Waals surface area contributed by atoms with E-state index < -0.39 is 30.1 Å². The van der Waals surface area contributed by atoms with Crippen molar-refractivity contribution >= 4 is 6.03 Å². The van der Waals surface area contributed by atoms with Crippen molar-refractivity contribution in [2.45, 2.75) is 31.0 Å². The van der Waals surface area contributed by atoms with Gasteiger partial charge >= 0.3 is 12.2 Å². The van der Waals surface area contributed by atoms with Crippen molar-refractivity contribution in [3.05, 3.63) is 18.2 Å². The van der Waals surface area contributed by atoms with E-state index >= 15 is 0 Å². The fourth-order valence-corrected chi connectivity index (χ4v) is 2.12. The third-order valence-corrected chi connectivity index (χ3v) is 3.68. The number of amides is 2. The normalized spacial score (nSPS) is 17.9. The maximum absolute atomic E-state index is 13.2. The van der Waals surface area contributed by atoms with Gasteiger partial charge in [0, 0.05) is 39.0 Å². The number of nitrogens with one attached hydrogen (secondary N) is 2. The summed E-state index contributed by atoms with van der Waals surface area (Å²) in [5, 5.41) is 15.0. The summed E-state index contributed by atoms with van der Waals surface area (Å²) in [6.45, 7) is 0.202. The molecule has 6 nitrogen and oxygen atoms in total. The lowest BCUT2D eigenvalue weighted by molar-refractivity contribution is -0.272. The Labute approximate surface area is 125 Å². The Bertz CT molecular complexity index is 528. The molecule has 0 aromatic carbocycles. The molecule has 0 radical (unpaired) electrons. The number of alkyl halides is 3. The van der Waals surface area contributed by atoms with Gasteiger partial charge in [-0.1, -0.05) is 0 Å². The van der Waals surface area contributed by atoms with Gasteiger partial charge < -0.3 is 20.3 Å². The van der Waals surface area contributed by atoms with Crippen molar-refractivity contribution in [2.75, 3.05) is 13.1 Å². The number of carbonyl (C=O) groups excluding carboxylic acids is 1. The van der Waals surface area contributed by atoms with Crippen LogP contribution in [-0.2, 0) is 12.6 Å². The van der Waals surface area contributed by atoms with E-state index in [-0.39, 0.29) is 6.54 Å². The number of aliphatic hydroxyl groups is 1. The molecule has 0 saturated heterocycles. The van der Waals surface area contributed by atoms with Crippen molar-refractivity contribution in [3.63, 3.8) is 0 Å². The van der Waals surface area contributed by atoms with Crippen LogP contribution in [0.2, 0.25) is 0 Å². The van der Waals surface area contributed by atoms with Gasteiger partial charge in [0.25, 0.3) is 0 Å². The molecule has 3 N–H and O–H groups in total. The number of aromatic nitrogens is 2. The van der Waals surface area contributed by atoms with E-state index in [1.807, 2.05) is 0 Å². The summed E-state index contributed by atoms with van der Waals surface area (Å²) in [6.07, 6.45) is -0.972. The second kappa shape index (κ2) is 6.15. The summed E-state index contributed by atoms with van der Waals surface area (Å²) in [6, 6.07) is -0.531. The van der Waals surface area contributed by atoms with Crippen LogP contribution < -0.4 is 10.6 Å². The summed E-state index contributed by atoms with van der Waals surface area (Å²) in [4.78, 5) is 15.0. The number of carbonyl (C=O) groups is 1. The van der Waals surface area contributed by atoms with Gasteiger partial charge in [0.15, 0.2) is 0 Å². The molecule has 1 saturated carbocycles. The largest absolute Gasteiger partial charge is 0.424 e. The minimum atomic E-state index is -4.89. The van der Waals surface area contributed by atoms with E-state index in [1.165, 1.54) is 19.4 Å². The number of rotatable bonds is 6. The predicted octanol–water partition coefficient (Wildman–Crippen LogP) is 1.27. The molecule has 1 aliphatic carbocycles.